The van der Waals surface area contributed by atoms with Crippen molar-refractivity contribution in [3.63, 3.8) is 0 Å². The molecule has 0 bridgehead atoms. The lowest BCUT2D eigenvalue weighted by atomic mass is 10.2. The maximum atomic E-state index is 11.7. The fourth-order valence-corrected chi connectivity index (χ4v) is 2.90. The van der Waals surface area contributed by atoms with E-state index in [1.807, 2.05) is 0 Å². The molecule has 0 aromatic carbocycles. The van der Waals surface area contributed by atoms with Crippen LogP contribution in [0.25, 0.3) is 0 Å². The van der Waals surface area contributed by atoms with Crippen molar-refractivity contribution in [2.75, 3.05) is 119 Å². The first-order chi connectivity index (χ1) is 19.7. The number of nitrogens with one attached hydrogen (secondary N) is 2. The minimum atomic E-state index is -0.878. The van der Waals surface area contributed by atoms with Gasteiger partial charge >= 0.3 is 5.97 Å². The van der Waals surface area contributed by atoms with Gasteiger partial charge in [-0.2, -0.15) is 0 Å². The minimum absolute atomic E-state index is 0.00585. The molecule has 0 saturated heterocycles. The van der Waals surface area contributed by atoms with Gasteiger partial charge in [0.15, 0.2) is 0 Å². The van der Waals surface area contributed by atoms with Gasteiger partial charge in [0.2, 0.25) is 12.3 Å². The molecule has 0 fully saturated rings. The van der Waals surface area contributed by atoms with Crippen molar-refractivity contribution in [1.82, 2.24) is 10.6 Å². The van der Waals surface area contributed by atoms with Crippen LogP contribution in [0.4, 0.5) is 0 Å². The third kappa shape index (κ3) is 34.1. The lowest BCUT2D eigenvalue weighted by Crippen LogP contribution is -2.27. The molecule has 0 unspecified atom stereocenters. The molecule has 236 valence electrons. The number of carbonyl (C=O) groups is 3. The summed E-state index contributed by atoms with van der Waals surface area (Å²) >= 11 is 0. The van der Waals surface area contributed by atoms with Crippen molar-refractivity contribution < 1.29 is 57.4 Å². The van der Waals surface area contributed by atoms with Crippen LogP contribution in [0.5, 0.6) is 0 Å². The standard InChI is InChI=1S/C26H50N2O12/c29-24-27-6-3-1-2-4-25(30)28-7-9-34-11-13-36-15-17-38-19-21-40-23-22-39-20-18-37-16-14-35-12-10-33-8-5-26(31)32/h24H,1-23H2,(H,27,29)(H,28,30)(H,31,32). The Bertz CT molecular complexity index is 572. The maximum absolute atomic E-state index is 11.7. The second-order valence-corrected chi connectivity index (χ2v) is 8.28. The zero-order valence-electron chi connectivity index (χ0n) is 23.8. The van der Waals surface area contributed by atoms with Gasteiger partial charge in [0.25, 0.3) is 0 Å². The van der Waals surface area contributed by atoms with E-state index in [1.165, 1.54) is 0 Å². The topological polar surface area (TPSA) is 169 Å². The summed E-state index contributed by atoms with van der Waals surface area (Å²) in [5.41, 5.74) is 0. The van der Waals surface area contributed by atoms with E-state index in [2.05, 4.69) is 10.6 Å². The van der Waals surface area contributed by atoms with Gasteiger partial charge in [-0.25, -0.2) is 0 Å². The van der Waals surface area contributed by atoms with Crippen molar-refractivity contribution in [3.8, 4) is 0 Å². The van der Waals surface area contributed by atoms with Crippen LogP contribution in [0.1, 0.15) is 32.1 Å². The normalized spacial score (nSPS) is 11.0. The van der Waals surface area contributed by atoms with Crippen LogP contribution in [-0.2, 0) is 52.3 Å². The molecule has 0 rings (SSSR count). The molecule has 2 amide bonds. The number of carbonyl (C=O) groups excluding carboxylic acids is 2. The smallest absolute Gasteiger partial charge is 0.305 e. The number of hydrogen-bond acceptors (Lipinski definition) is 11. The van der Waals surface area contributed by atoms with Gasteiger partial charge in [0.05, 0.1) is 112 Å². The largest absolute Gasteiger partial charge is 0.481 e. The van der Waals surface area contributed by atoms with Gasteiger partial charge in [-0.15, -0.1) is 0 Å². The Morgan fingerprint density at radius 2 is 0.900 bits per heavy atom. The van der Waals surface area contributed by atoms with Gasteiger partial charge < -0.3 is 53.6 Å². The van der Waals surface area contributed by atoms with E-state index in [0.29, 0.717) is 125 Å². The van der Waals surface area contributed by atoms with Crippen molar-refractivity contribution in [3.05, 3.63) is 0 Å². The second kappa shape index (κ2) is 33.3. The number of ether oxygens (including phenoxy) is 8. The summed E-state index contributed by atoms with van der Waals surface area (Å²) < 4.78 is 42.9. The Morgan fingerprint density at radius 3 is 1.30 bits per heavy atom. The van der Waals surface area contributed by atoms with E-state index >= 15 is 0 Å². The molecule has 0 spiro atoms. The predicted molar refractivity (Wildman–Crippen MR) is 144 cm³/mol. The fraction of sp³-hybridized carbons (Fsp3) is 0.885. The summed E-state index contributed by atoms with van der Waals surface area (Å²) in [6.07, 6.45) is 3.74. The van der Waals surface area contributed by atoms with Crippen LogP contribution < -0.4 is 10.6 Å². The third-order valence-electron chi connectivity index (χ3n) is 4.94. The van der Waals surface area contributed by atoms with Crippen LogP contribution in [0.2, 0.25) is 0 Å². The molecule has 0 heterocycles. The molecule has 3 N–H and O–H groups in total. The van der Waals surface area contributed by atoms with E-state index < -0.39 is 5.97 Å². The SMILES string of the molecule is O=CNCCCCCC(=O)NCCOCCOCCOCCOCCOCCOCCOCCOCCC(=O)O. The van der Waals surface area contributed by atoms with Gasteiger partial charge in [-0.1, -0.05) is 6.42 Å². The summed E-state index contributed by atoms with van der Waals surface area (Å²) in [5.74, 6) is -0.866. The second-order valence-electron chi connectivity index (χ2n) is 8.28. The first-order valence-corrected chi connectivity index (χ1v) is 13.9. The lowest BCUT2D eigenvalue weighted by Gasteiger charge is -2.09. The van der Waals surface area contributed by atoms with Crippen LogP contribution in [0, 0.1) is 0 Å². The van der Waals surface area contributed by atoms with E-state index in [9.17, 15) is 14.4 Å². The number of unbranched alkanes of at least 4 members (excludes halogenated alkanes) is 2. The van der Waals surface area contributed by atoms with Crippen LogP contribution in [0.15, 0.2) is 0 Å². The quantitative estimate of drug-likeness (QED) is 0.0688. The monoisotopic (exact) mass is 582 g/mol. The molecule has 40 heavy (non-hydrogen) atoms. The summed E-state index contributed by atoms with van der Waals surface area (Å²) in [6, 6.07) is 0. The summed E-state index contributed by atoms with van der Waals surface area (Å²) in [5, 5.41) is 13.9. The highest BCUT2D eigenvalue weighted by atomic mass is 16.6. The van der Waals surface area contributed by atoms with Crippen LogP contribution >= 0.6 is 0 Å². The zero-order valence-corrected chi connectivity index (χ0v) is 23.8. The van der Waals surface area contributed by atoms with Crippen LogP contribution in [0.3, 0.4) is 0 Å². The Kier molecular flexibility index (Phi) is 31.7. The molecule has 0 atom stereocenters. The van der Waals surface area contributed by atoms with E-state index in [-0.39, 0.29) is 18.9 Å². The molecule has 0 saturated carbocycles. The van der Waals surface area contributed by atoms with E-state index in [1.54, 1.807) is 0 Å². The molecular formula is C26H50N2O12. The Labute approximate surface area is 237 Å². The maximum Gasteiger partial charge on any atom is 0.305 e. The van der Waals surface area contributed by atoms with Crippen LogP contribution in [-0.4, -0.2) is 142 Å². The summed E-state index contributed by atoms with van der Waals surface area (Å²) in [7, 11) is 0. The number of aliphatic carboxylic acids is 1. The highest BCUT2D eigenvalue weighted by Gasteiger charge is 2.01. The molecule has 14 nitrogen and oxygen atoms in total. The molecule has 0 aliphatic carbocycles. The highest BCUT2D eigenvalue weighted by Crippen LogP contribution is 1.98. The number of amides is 2. The predicted octanol–water partition coefficient (Wildman–Crippen LogP) is 0.0165. The number of hydrogen-bond donors (Lipinski definition) is 3. The number of carboxylic acid groups (broad SMARTS) is 1. The van der Waals surface area contributed by atoms with Gasteiger partial charge in [-0.05, 0) is 12.8 Å². The zero-order chi connectivity index (χ0) is 29.2. The minimum Gasteiger partial charge on any atom is -0.481 e. The van der Waals surface area contributed by atoms with Crippen molar-refractivity contribution in [2.24, 2.45) is 0 Å². The average Bonchev–Trinajstić information content (AvgIpc) is 2.94. The molecule has 0 radical (unpaired) electrons. The van der Waals surface area contributed by atoms with Crippen molar-refractivity contribution >= 4 is 18.3 Å². The molecule has 0 aromatic rings. The van der Waals surface area contributed by atoms with E-state index in [0.717, 1.165) is 19.3 Å². The van der Waals surface area contributed by atoms with Gasteiger partial charge in [0, 0.05) is 19.5 Å². The molecular weight excluding hydrogens is 532 g/mol. The van der Waals surface area contributed by atoms with Gasteiger partial charge in [0.1, 0.15) is 0 Å². The highest BCUT2D eigenvalue weighted by molar-refractivity contribution is 5.75. The first kappa shape index (κ1) is 38.1. The van der Waals surface area contributed by atoms with E-state index in [4.69, 9.17) is 43.0 Å². The molecule has 14 heteroatoms. The number of rotatable bonds is 34. The number of carboxylic acids is 1. The van der Waals surface area contributed by atoms with Crippen molar-refractivity contribution in [1.29, 1.82) is 0 Å². The Hall–Kier alpha value is -1.91. The lowest BCUT2D eigenvalue weighted by molar-refractivity contribution is -0.138. The Morgan fingerprint density at radius 1 is 0.500 bits per heavy atom. The summed E-state index contributed by atoms with van der Waals surface area (Å²) in [6.45, 7) is 8.09. The summed E-state index contributed by atoms with van der Waals surface area (Å²) in [4.78, 5) is 32.1. The average molecular weight is 583 g/mol. The first-order valence-electron chi connectivity index (χ1n) is 13.9. The van der Waals surface area contributed by atoms with Crippen molar-refractivity contribution in [2.45, 2.75) is 32.1 Å². The molecule has 0 aromatic heterocycles. The Balaban J connectivity index is 3.10. The molecule has 0 aliphatic heterocycles. The fourth-order valence-electron chi connectivity index (χ4n) is 2.90. The molecule has 0 aliphatic rings. The third-order valence-corrected chi connectivity index (χ3v) is 4.94. The van der Waals surface area contributed by atoms with Gasteiger partial charge in [-0.3, -0.25) is 14.4 Å².